The summed E-state index contributed by atoms with van der Waals surface area (Å²) in [4.78, 5) is 23.4. The van der Waals surface area contributed by atoms with Gasteiger partial charge in [0.15, 0.2) is 19.7 Å². The van der Waals surface area contributed by atoms with Crippen LogP contribution in [0.3, 0.4) is 0 Å². The Morgan fingerprint density at radius 3 is 1.23 bits per heavy atom. The van der Waals surface area contributed by atoms with Crippen LogP contribution in [0.4, 0.5) is 0 Å². The minimum atomic E-state index is -3.87. The fourth-order valence-corrected chi connectivity index (χ4v) is 4.29. The lowest BCUT2D eigenvalue weighted by molar-refractivity contribution is -0.126. The number of carbonyl (C=O) groups is 2. The summed E-state index contributed by atoms with van der Waals surface area (Å²) in [5.74, 6) is -3.75. The van der Waals surface area contributed by atoms with E-state index in [0.717, 1.165) is 0 Å². The van der Waals surface area contributed by atoms with Crippen molar-refractivity contribution in [3.8, 4) is 0 Å². The summed E-state index contributed by atoms with van der Waals surface area (Å²) in [5.41, 5.74) is 3.80. The molecule has 0 fully saturated rings. The molecule has 0 aliphatic rings. The van der Waals surface area contributed by atoms with E-state index < -0.39 is 43.0 Å². The SMILES string of the molecule is O=C(CS(=O)(=O)c1ccccc1)NNC(=O)CS(=O)(=O)c1ccccc1. The fourth-order valence-electron chi connectivity index (χ4n) is 1.98. The molecule has 0 atom stereocenters. The highest BCUT2D eigenvalue weighted by Gasteiger charge is 2.21. The smallest absolute Gasteiger partial charge is 0.253 e. The van der Waals surface area contributed by atoms with Gasteiger partial charge in [0.2, 0.25) is 0 Å². The molecule has 0 aliphatic carbocycles. The molecular weight excluding hydrogens is 380 g/mol. The molecule has 2 N–H and O–H groups in total. The molecule has 0 saturated heterocycles. The molecule has 0 spiro atoms. The van der Waals surface area contributed by atoms with Crippen LogP contribution in [0, 0.1) is 0 Å². The normalized spacial score (nSPS) is 11.5. The molecule has 0 radical (unpaired) electrons. The zero-order valence-electron chi connectivity index (χ0n) is 13.5. The molecule has 0 saturated carbocycles. The summed E-state index contributed by atoms with van der Waals surface area (Å²) in [7, 11) is -7.73. The van der Waals surface area contributed by atoms with Gasteiger partial charge in [0, 0.05) is 0 Å². The third-order valence-electron chi connectivity index (χ3n) is 3.19. The Balaban J connectivity index is 1.90. The first kappa shape index (κ1) is 19.6. The molecule has 0 aliphatic heterocycles. The van der Waals surface area contributed by atoms with E-state index in [9.17, 15) is 26.4 Å². The maximum Gasteiger partial charge on any atom is 0.253 e. The van der Waals surface area contributed by atoms with E-state index in [4.69, 9.17) is 0 Å². The second kappa shape index (κ2) is 8.11. The molecular formula is C16H16N2O6S2. The Labute approximate surface area is 151 Å². The maximum atomic E-state index is 12.0. The van der Waals surface area contributed by atoms with Crippen LogP contribution in [0.5, 0.6) is 0 Å². The Bertz CT molecular complexity index is 904. The zero-order valence-corrected chi connectivity index (χ0v) is 15.1. The van der Waals surface area contributed by atoms with E-state index in [0.29, 0.717) is 0 Å². The number of benzene rings is 2. The average molecular weight is 396 g/mol. The number of hydrogen-bond acceptors (Lipinski definition) is 6. The van der Waals surface area contributed by atoms with E-state index in [1.807, 2.05) is 10.9 Å². The van der Waals surface area contributed by atoms with E-state index in [2.05, 4.69) is 0 Å². The number of sulfone groups is 2. The molecule has 2 aromatic carbocycles. The predicted octanol–water partition coefficient (Wildman–Crippen LogP) is 0.0816. The lowest BCUT2D eigenvalue weighted by Gasteiger charge is -2.08. The van der Waals surface area contributed by atoms with Crippen molar-refractivity contribution in [1.29, 1.82) is 0 Å². The van der Waals surface area contributed by atoms with Gasteiger partial charge in [-0.1, -0.05) is 36.4 Å². The van der Waals surface area contributed by atoms with Crippen molar-refractivity contribution in [2.24, 2.45) is 0 Å². The van der Waals surface area contributed by atoms with Crippen molar-refractivity contribution >= 4 is 31.5 Å². The molecule has 0 bridgehead atoms. The van der Waals surface area contributed by atoms with E-state index in [-0.39, 0.29) is 9.79 Å². The van der Waals surface area contributed by atoms with E-state index in [1.54, 1.807) is 12.1 Å². The van der Waals surface area contributed by atoms with E-state index >= 15 is 0 Å². The second-order valence-electron chi connectivity index (χ2n) is 5.24. The summed E-state index contributed by atoms with van der Waals surface area (Å²) >= 11 is 0. The first-order valence-electron chi connectivity index (χ1n) is 7.34. The highest BCUT2D eigenvalue weighted by Crippen LogP contribution is 2.10. The molecule has 138 valence electrons. The van der Waals surface area contributed by atoms with Crippen LogP contribution in [0.2, 0.25) is 0 Å². The van der Waals surface area contributed by atoms with Crippen LogP contribution in [-0.4, -0.2) is 40.2 Å². The first-order chi connectivity index (χ1) is 12.2. The average Bonchev–Trinajstić information content (AvgIpc) is 2.61. The van der Waals surface area contributed by atoms with Crippen LogP contribution < -0.4 is 10.9 Å². The lowest BCUT2D eigenvalue weighted by atomic mass is 10.4. The third-order valence-corrected chi connectivity index (χ3v) is 6.45. The number of hydrazine groups is 1. The molecule has 26 heavy (non-hydrogen) atoms. The Morgan fingerprint density at radius 2 is 0.923 bits per heavy atom. The molecule has 10 heteroatoms. The van der Waals surface area contributed by atoms with E-state index in [1.165, 1.54) is 48.5 Å². The molecule has 8 nitrogen and oxygen atoms in total. The largest absolute Gasteiger partial charge is 0.272 e. The highest BCUT2D eigenvalue weighted by atomic mass is 32.2. The van der Waals surface area contributed by atoms with Gasteiger partial charge in [-0.3, -0.25) is 20.4 Å². The molecule has 0 unspecified atom stereocenters. The maximum absolute atomic E-state index is 12.0. The van der Waals surface area contributed by atoms with Gasteiger partial charge in [-0.25, -0.2) is 16.8 Å². The number of hydrogen-bond donors (Lipinski definition) is 2. The summed E-state index contributed by atoms with van der Waals surface area (Å²) < 4.78 is 48.1. The summed E-state index contributed by atoms with van der Waals surface area (Å²) in [6, 6.07) is 14.7. The minimum absolute atomic E-state index is 0.0341. The van der Waals surface area contributed by atoms with Crippen molar-refractivity contribution in [3.63, 3.8) is 0 Å². The number of amides is 2. The summed E-state index contributed by atoms with van der Waals surface area (Å²) in [5, 5.41) is 0. The van der Waals surface area contributed by atoms with Gasteiger partial charge in [-0.15, -0.1) is 0 Å². The first-order valence-corrected chi connectivity index (χ1v) is 10.6. The predicted molar refractivity (Wildman–Crippen MR) is 93.3 cm³/mol. The fraction of sp³-hybridized carbons (Fsp3) is 0.125. The number of nitrogens with one attached hydrogen (secondary N) is 2. The van der Waals surface area contributed by atoms with Gasteiger partial charge in [0.05, 0.1) is 9.79 Å². The summed E-state index contributed by atoms with van der Waals surface area (Å²) in [6.45, 7) is 0. The zero-order chi connectivity index (χ0) is 19.2. The molecule has 2 amide bonds. The quantitative estimate of drug-likeness (QED) is 0.666. The van der Waals surface area contributed by atoms with Gasteiger partial charge >= 0.3 is 0 Å². The van der Waals surface area contributed by atoms with Crippen LogP contribution in [-0.2, 0) is 29.3 Å². The Kier molecular flexibility index (Phi) is 6.11. The third kappa shape index (κ3) is 5.39. The van der Waals surface area contributed by atoms with Crippen LogP contribution in [0.25, 0.3) is 0 Å². The second-order valence-corrected chi connectivity index (χ2v) is 9.22. The molecule has 0 heterocycles. The van der Waals surface area contributed by atoms with Gasteiger partial charge in [-0.05, 0) is 24.3 Å². The van der Waals surface area contributed by atoms with Crippen molar-refractivity contribution in [1.82, 2.24) is 10.9 Å². The number of carbonyl (C=O) groups excluding carboxylic acids is 2. The Hall–Kier alpha value is -2.72. The number of rotatable bonds is 6. The topological polar surface area (TPSA) is 126 Å². The standard InChI is InChI=1S/C16H16N2O6S2/c19-15(11-25(21,22)13-7-3-1-4-8-13)17-18-16(20)12-26(23,24)14-9-5-2-6-10-14/h1-10H,11-12H2,(H,17,19)(H,18,20). The highest BCUT2D eigenvalue weighted by molar-refractivity contribution is 7.92. The molecule has 2 aromatic rings. The van der Waals surface area contributed by atoms with Gasteiger partial charge in [0.1, 0.15) is 11.5 Å². The minimum Gasteiger partial charge on any atom is -0.272 e. The van der Waals surface area contributed by atoms with Crippen LogP contribution >= 0.6 is 0 Å². The van der Waals surface area contributed by atoms with Gasteiger partial charge in [-0.2, -0.15) is 0 Å². The molecule has 2 rings (SSSR count). The monoisotopic (exact) mass is 396 g/mol. The lowest BCUT2D eigenvalue weighted by Crippen LogP contribution is -2.46. The van der Waals surface area contributed by atoms with Crippen LogP contribution in [0.1, 0.15) is 0 Å². The van der Waals surface area contributed by atoms with Gasteiger partial charge < -0.3 is 0 Å². The van der Waals surface area contributed by atoms with Gasteiger partial charge in [0.25, 0.3) is 11.8 Å². The Morgan fingerprint density at radius 1 is 0.615 bits per heavy atom. The van der Waals surface area contributed by atoms with Crippen molar-refractivity contribution in [2.45, 2.75) is 9.79 Å². The molecule has 0 aromatic heterocycles. The van der Waals surface area contributed by atoms with Crippen molar-refractivity contribution in [3.05, 3.63) is 60.7 Å². The summed E-state index contributed by atoms with van der Waals surface area (Å²) in [6.07, 6.45) is 0. The van der Waals surface area contributed by atoms with Crippen molar-refractivity contribution in [2.75, 3.05) is 11.5 Å². The van der Waals surface area contributed by atoms with Crippen LogP contribution in [0.15, 0.2) is 70.5 Å². The van der Waals surface area contributed by atoms with Crippen molar-refractivity contribution < 1.29 is 26.4 Å².